The monoisotopic (exact) mass is 543 g/mol. The third-order valence-corrected chi connectivity index (χ3v) is 4.61. The van der Waals surface area contributed by atoms with Crippen molar-refractivity contribution in [3.8, 4) is 5.75 Å². The summed E-state index contributed by atoms with van der Waals surface area (Å²) in [5.74, 6) is 1.31. The molecule has 0 bridgehead atoms. The molecule has 162 valence electrons. The molecule has 0 atom stereocenters. The van der Waals surface area contributed by atoms with Crippen molar-refractivity contribution in [2.75, 3.05) is 20.2 Å². The number of aliphatic imine (C=N–C) groups is 1. The number of rotatable bonds is 9. The van der Waals surface area contributed by atoms with Crippen molar-refractivity contribution in [2.45, 2.75) is 31.8 Å². The van der Waals surface area contributed by atoms with Crippen LogP contribution in [0.3, 0.4) is 0 Å². The Labute approximate surface area is 199 Å². The van der Waals surface area contributed by atoms with Gasteiger partial charge in [0.2, 0.25) is 0 Å². The first-order valence-corrected chi connectivity index (χ1v) is 10.1. The maximum Gasteiger partial charge on any atom is 0.258 e. The molecule has 3 rings (SSSR count). The number of aromatic nitrogens is 1. The quantitative estimate of drug-likeness (QED) is 0.196. The lowest BCUT2D eigenvalue weighted by molar-refractivity contribution is -0.123. The van der Waals surface area contributed by atoms with E-state index in [4.69, 9.17) is 16.3 Å². The Morgan fingerprint density at radius 2 is 2.07 bits per heavy atom. The first-order valence-electron chi connectivity index (χ1n) is 9.68. The van der Waals surface area contributed by atoms with Crippen LogP contribution >= 0.6 is 35.6 Å². The topological polar surface area (TPSA) is 87.6 Å². The molecule has 1 saturated carbocycles. The van der Waals surface area contributed by atoms with Gasteiger partial charge in [-0.1, -0.05) is 29.8 Å². The number of hydrogen-bond acceptors (Lipinski definition) is 4. The summed E-state index contributed by atoms with van der Waals surface area (Å²) in [6.07, 6.45) is 4.73. The average molecular weight is 544 g/mol. The van der Waals surface area contributed by atoms with Crippen molar-refractivity contribution in [1.29, 1.82) is 0 Å². The van der Waals surface area contributed by atoms with Gasteiger partial charge in [0.05, 0.1) is 0 Å². The van der Waals surface area contributed by atoms with Gasteiger partial charge in [-0.25, -0.2) is 4.98 Å². The van der Waals surface area contributed by atoms with Crippen LogP contribution in [0, 0.1) is 0 Å². The van der Waals surface area contributed by atoms with Gasteiger partial charge < -0.3 is 20.7 Å². The van der Waals surface area contributed by atoms with Crippen molar-refractivity contribution in [2.24, 2.45) is 4.99 Å². The Bertz CT molecular complexity index is 844. The molecular weight excluding hydrogens is 517 g/mol. The Morgan fingerprint density at radius 1 is 1.23 bits per heavy atom. The Hall–Kier alpha value is -2.07. The standard InChI is InChI=1S/C21H26ClN5O2.HI/c1-23-21(24-10-9-15-5-8-19(22)25-12-15)26-13-16-3-2-4-18(11-16)29-14-20(28)27-17-6-7-17;/h2-5,8,11-12,17H,6-7,9-10,13-14H2,1H3,(H,27,28)(H2,23,24,26);1H. The van der Waals surface area contributed by atoms with Gasteiger partial charge in [0.25, 0.3) is 5.91 Å². The summed E-state index contributed by atoms with van der Waals surface area (Å²) in [4.78, 5) is 20.1. The highest BCUT2D eigenvalue weighted by atomic mass is 127. The number of carbonyl (C=O) groups excluding carboxylic acids is 1. The second-order valence-corrected chi connectivity index (χ2v) is 7.26. The molecule has 2 aromatic rings. The van der Waals surface area contributed by atoms with E-state index in [1.807, 2.05) is 30.3 Å². The molecule has 0 unspecified atom stereocenters. The number of amides is 1. The van der Waals surface area contributed by atoms with E-state index in [0.29, 0.717) is 29.4 Å². The smallest absolute Gasteiger partial charge is 0.258 e. The van der Waals surface area contributed by atoms with Gasteiger partial charge in [-0.2, -0.15) is 0 Å². The van der Waals surface area contributed by atoms with E-state index < -0.39 is 0 Å². The molecule has 30 heavy (non-hydrogen) atoms. The van der Waals surface area contributed by atoms with Crippen LogP contribution in [0.5, 0.6) is 5.75 Å². The molecule has 1 aromatic heterocycles. The number of halogens is 2. The zero-order valence-corrected chi connectivity index (χ0v) is 19.9. The van der Waals surface area contributed by atoms with Crippen LogP contribution in [0.2, 0.25) is 5.15 Å². The van der Waals surface area contributed by atoms with E-state index in [9.17, 15) is 4.79 Å². The lowest BCUT2D eigenvalue weighted by Gasteiger charge is -2.13. The minimum atomic E-state index is -0.0727. The normalized spacial score (nSPS) is 13.2. The molecule has 7 nitrogen and oxygen atoms in total. The summed E-state index contributed by atoms with van der Waals surface area (Å²) in [5.41, 5.74) is 2.14. The van der Waals surface area contributed by atoms with E-state index in [0.717, 1.165) is 36.9 Å². The molecule has 1 amide bonds. The van der Waals surface area contributed by atoms with Crippen molar-refractivity contribution in [1.82, 2.24) is 20.9 Å². The first-order chi connectivity index (χ1) is 14.1. The van der Waals surface area contributed by atoms with Gasteiger partial charge in [-0.3, -0.25) is 9.79 Å². The number of nitrogens with one attached hydrogen (secondary N) is 3. The summed E-state index contributed by atoms with van der Waals surface area (Å²) in [6, 6.07) is 11.8. The third-order valence-electron chi connectivity index (χ3n) is 4.39. The van der Waals surface area contributed by atoms with Crippen molar-refractivity contribution < 1.29 is 9.53 Å². The zero-order valence-electron chi connectivity index (χ0n) is 16.9. The highest BCUT2D eigenvalue weighted by Crippen LogP contribution is 2.18. The molecule has 0 aliphatic heterocycles. The highest BCUT2D eigenvalue weighted by molar-refractivity contribution is 14.0. The Balaban J connectivity index is 0.00000320. The van der Waals surface area contributed by atoms with Gasteiger partial charge in [0.1, 0.15) is 10.9 Å². The molecule has 9 heteroatoms. The minimum Gasteiger partial charge on any atom is -0.484 e. The minimum absolute atomic E-state index is 0. The molecule has 0 spiro atoms. The van der Waals surface area contributed by atoms with Gasteiger partial charge in [-0.15, -0.1) is 24.0 Å². The predicted octanol–water partition coefficient (Wildman–Crippen LogP) is 2.92. The number of hydrogen-bond donors (Lipinski definition) is 3. The van der Waals surface area contributed by atoms with E-state index >= 15 is 0 Å². The summed E-state index contributed by atoms with van der Waals surface area (Å²) in [7, 11) is 1.73. The molecule has 1 fully saturated rings. The average Bonchev–Trinajstić information content (AvgIpc) is 3.54. The Kier molecular flexibility index (Phi) is 10.2. The summed E-state index contributed by atoms with van der Waals surface area (Å²) in [6.45, 7) is 1.35. The maximum atomic E-state index is 11.7. The fourth-order valence-electron chi connectivity index (χ4n) is 2.68. The van der Waals surface area contributed by atoms with E-state index in [2.05, 4.69) is 25.9 Å². The largest absolute Gasteiger partial charge is 0.484 e. The maximum absolute atomic E-state index is 11.7. The number of nitrogens with zero attached hydrogens (tertiary/aromatic N) is 2. The second kappa shape index (κ2) is 12.6. The van der Waals surface area contributed by atoms with Crippen molar-refractivity contribution in [3.63, 3.8) is 0 Å². The highest BCUT2D eigenvalue weighted by Gasteiger charge is 2.23. The summed E-state index contributed by atoms with van der Waals surface area (Å²) >= 11 is 5.80. The van der Waals surface area contributed by atoms with Gasteiger partial charge >= 0.3 is 0 Å². The molecule has 1 heterocycles. The second-order valence-electron chi connectivity index (χ2n) is 6.87. The fraction of sp³-hybridized carbons (Fsp3) is 0.381. The lowest BCUT2D eigenvalue weighted by atomic mass is 10.2. The number of carbonyl (C=O) groups is 1. The molecule has 1 aliphatic carbocycles. The summed E-state index contributed by atoms with van der Waals surface area (Å²) < 4.78 is 5.59. The van der Waals surface area contributed by atoms with Gasteiger partial charge in [0, 0.05) is 32.4 Å². The molecular formula is C21H27ClIN5O2. The molecule has 0 radical (unpaired) electrons. The number of guanidine groups is 1. The van der Waals surface area contributed by atoms with E-state index in [1.54, 1.807) is 19.3 Å². The fourth-order valence-corrected chi connectivity index (χ4v) is 2.79. The molecule has 1 aromatic carbocycles. The lowest BCUT2D eigenvalue weighted by Crippen LogP contribution is -2.37. The van der Waals surface area contributed by atoms with Crippen LogP contribution in [0.4, 0.5) is 0 Å². The van der Waals surface area contributed by atoms with Crippen molar-refractivity contribution in [3.05, 3.63) is 58.9 Å². The summed E-state index contributed by atoms with van der Waals surface area (Å²) in [5, 5.41) is 9.95. The zero-order chi connectivity index (χ0) is 20.5. The van der Waals surface area contributed by atoms with Crippen LogP contribution in [0.1, 0.15) is 24.0 Å². The number of ether oxygens (including phenoxy) is 1. The van der Waals surface area contributed by atoms with Crippen LogP contribution in [-0.2, 0) is 17.8 Å². The van der Waals surface area contributed by atoms with Gasteiger partial charge in [-0.05, 0) is 48.6 Å². The SMILES string of the molecule is CN=C(NCCc1ccc(Cl)nc1)NCc1cccc(OCC(=O)NC2CC2)c1.I. The van der Waals surface area contributed by atoms with Crippen molar-refractivity contribution >= 4 is 47.4 Å². The van der Waals surface area contributed by atoms with E-state index in [1.165, 1.54) is 0 Å². The number of pyridine rings is 1. The first kappa shape index (κ1) is 24.2. The van der Waals surface area contributed by atoms with Crippen LogP contribution < -0.4 is 20.7 Å². The Morgan fingerprint density at radius 3 is 2.77 bits per heavy atom. The van der Waals surface area contributed by atoms with E-state index in [-0.39, 0.29) is 36.5 Å². The third kappa shape index (κ3) is 8.74. The van der Waals surface area contributed by atoms with Crippen LogP contribution in [0.25, 0.3) is 0 Å². The predicted molar refractivity (Wildman–Crippen MR) is 130 cm³/mol. The number of benzene rings is 1. The van der Waals surface area contributed by atoms with Crippen LogP contribution in [-0.4, -0.2) is 43.1 Å². The van der Waals surface area contributed by atoms with Gasteiger partial charge in [0.15, 0.2) is 12.6 Å². The van der Waals surface area contributed by atoms with Crippen LogP contribution in [0.15, 0.2) is 47.6 Å². The molecule has 3 N–H and O–H groups in total. The molecule has 1 aliphatic rings. The molecule has 0 saturated heterocycles.